The molecule has 0 saturated carbocycles. The molecule has 19 heavy (non-hydrogen) atoms. The van der Waals surface area contributed by atoms with Crippen molar-refractivity contribution < 1.29 is 9.18 Å². The van der Waals surface area contributed by atoms with Gasteiger partial charge in [-0.2, -0.15) is 0 Å². The minimum absolute atomic E-state index is 0.0826. The molecule has 98 valence electrons. The van der Waals surface area contributed by atoms with Crippen LogP contribution in [0.3, 0.4) is 0 Å². The number of hydrogen-bond donors (Lipinski definition) is 2. The summed E-state index contributed by atoms with van der Waals surface area (Å²) < 4.78 is 13.9. The zero-order valence-corrected chi connectivity index (χ0v) is 10.7. The molecule has 3 N–H and O–H groups in total. The zero-order chi connectivity index (χ0) is 14.0. The Bertz CT molecular complexity index is 641. The minimum Gasteiger partial charge on any atom is -0.399 e. The summed E-state index contributed by atoms with van der Waals surface area (Å²) in [6.45, 7) is 3.44. The number of hydrogen-bond acceptors (Lipinski definition) is 3. The monoisotopic (exact) mass is 259 g/mol. The number of nitrogens with one attached hydrogen (secondary N) is 1. The summed E-state index contributed by atoms with van der Waals surface area (Å²) in [5.41, 5.74) is 7.18. The Balaban J connectivity index is 2.30. The molecule has 1 aromatic carbocycles. The third-order valence-corrected chi connectivity index (χ3v) is 2.68. The number of halogens is 1. The maximum atomic E-state index is 13.9. The molecular formula is C14H14FN3O. The van der Waals surface area contributed by atoms with Crippen LogP contribution in [-0.4, -0.2) is 10.9 Å². The number of carbonyl (C=O) groups excluding carboxylic acids is 1. The van der Waals surface area contributed by atoms with E-state index in [1.165, 1.54) is 12.1 Å². The Morgan fingerprint density at radius 2 is 2.05 bits per heavy atom. The number of anilines is 2. The van der Waals surface area contributed by atoms with Gasteiger partial charge in [0, 0.05) is 11.9 Å². The third kappa shape index (κ3) is 2.88. The van der Waals surface area contributed by atoms with Crippen LogP contribution in [0.25, 0.3) is 0 Å². The standard InChI is InChI=1S/C14H14FN3O/c1-8-3-4-17-12(5-8)18-14(19)11-7-10(16)6-9(2)13(11)15/h3-7H,16H2,1-2H3,(H,17,18,19). The quantitative estimate of drug-likeness (QED) is 0.815. The predicted molar refractivity (Wildman–Crippen MR) is 72.5 cm³/mol. The first-order valence-corrected chi connectivity index (χ1v) is 5.77. The summed E-state index contributed by atoms with van der Waals surface area (Å²) in [6, 6.07) is 6.31. The molecule has 0 fully saturated rings. The molecule has 1 heterocycles. The van der Waals surface area contributed by atoms with E-state index in [4.69, 9.17) is 5.73 Å². The fraction of sp³-hybridized carbons (Fsp3) is 0.143. The molecule has 0 spiro atoms. The fourth-order valence-electron chi connectivity index (χ4n) is 1.75. The van der Waals surface area contributed by atoms with Crippen molar-refractivity contribution in [1.82, 2.24) is 4.98 Å². The number of nitrogen functional groups attached to an aromatic ring is 1. The van der Waals surface area contributed by atoms with Gasteiger partial charge in [-0.15, -0.1) is 0 Å². The van der Waals surface area contributed by atoms with Crippen LogP contribution in [0.15, 0.2) is 30.5 Å². The van der Waals surface area contributed by atoms with Gasteiger partial charge in [-0.25, -0.2) is 9.37 Å². The van der Waals surface area contributed by atoms with Crippen LogP contribution in [0.5, 0.6) is 0 Å². The first-order valence-electron chi connectivity index (χ1n) is 5.77. The molecule has 0 saturated heterocycles. The molecule has 0 aliphatic heterocycles. The maximum absolute atomic E-state index is 13.9. The molecule has 0 radical (unpaired) electrons. The number of aromatic nitrogens is 1. The van der Waals surface area contributed by atoms with Gasteiger partial charge in [0.2, 0.25) is 0 Å². The summed E-state index contributed by atoms with van der Waals surface area (Å²) in [4.78, 5) is 16.0. The smallest absolute Gasteiger partial charge is 0.259 e. The van der Waals surface area contributed by atoms with Gasteiger partial charge in [-0.05, 0) is 49.2 Å². The van der Waals surface area contributed by atoms with E-state index in [1.54, 1.807) is 25.3 Å². The second kappa shape index (κ2) is 5.06. The predicted octanol–water partition coefficient (Wildman–Crippen LogP) is 2.67. The van der Waals surface area contributed by atoms with Gasteiger partial charge in [0.1, 0.15) is 11.6 Å². The number of aryl methyl sites for hydroxylation is 2. The SMILES string of the molecule is Cc1ccnc(NC(=O)c2cc(N)cc(C)c2F)c1. The fourth-order valence-corrected chi connectivity index (χ4v) is 1.75. The summed E-state index contributed by atoms with van der Waals surface area (Å²) >= 11 is 0. The lowest BCUT2D eigenvalue weighted by Gasteiger charge is -2.08. The Hall–Kier alpha value is -2.43. The first-order chi connectivity index (χ1) is 8.97. The highest BCUT2D eigenvalue weighted by molar-refractivity contribution is 6.04. The molecule has 2 aromatic rings. The highest BCUT2D eigenvalue weighted by Crippen LogP contribution is 2.18. The molecule has 0 bridgehead atoms. The average molecular weight is 259 g/mol. The van der Waals surface area contributed by atoms with Crippen molar-refractivity contribution >= 4 is 17.4 Å². The molecular weight excluding hydrogens is 245 g/mol. The van der Waals surface area contributed by atoms with E-state index < -0.39 is 11.7 Å². The van der Waals surface area contributed by atoms with E-state index in [0.29, 0.717) is 17.1 Å². The number of amides is 1. The van der Waals surface area contributed by atoms with Crippen LogP contribution in [0, 0.1) is 19.7 Å². The largest absolute Gasteiger partial charge is 0.399 e. The second-order valence-corrected chi connectivity index (χ2v) is 4.37. The molecule has 0 aliphatic rings. The van der Waals surface area contributed by atoms with Crippen LogP contribution < -0.4 is 11.1 Å². The van der Waals surface area contributed by atoms with E-state index in [2.05, 4.69) is 10.3 Å². The number of benzene rings is 1. The Morgan fingerprint density at radius 3 is 2.74 bits per heavy atom. The normalized spacial score (nSPS) is 10.3. The number of nitrogens with two attached hydrogens (primary N) is 1. The summed E-state index contributed by atoms with van der Waals surface area (Å²) in [7, 11) is 0. The summed E-state index contributed by atoms with van der Waals surface area (Å²) in [6.07, 6.45) is 1.58. The highest BCUT2D eigenvalue weighted by Gasteiger charge is 2.15. The maximum Gasteiger partial charge on any atom is 0.259 e. The van der Waals surface area contributed by atoms with Crippen LogP contribution in [0.1, 0.15) is 21.5 Å². The highest BCUT2D eigenvalue weighted by atomic mass is 19.1. The summed E-state index contributed by atoms with van der Waals surface area (Å²) in [5, 5.41) is 2.55. The van der Waals surface area contributed by atoms with E-state index in [-0.39, 0.29) is 5.56 Å². The van der Waals surface area contributed by atoms with Gasteiger partial charge in [-0.1, -0.05) is 0 Å². The molecule has 4 nitrogen and oxygen atoms in total. The van der Waals surface area contributed by atoms with Gasteiger partial charge in [0.15, 0.2) is 0 Å². The van der Waals surface area contributed by atoms with Crippen LogP contribution in [0.4, 0.5) is 15.9 Å². The number of rotatable bonds is 2. The van der Waals surface area contributed by atoms with E-state index in [1.807, 2.05) is 6.92 Å². The van der Waals surface area contributed by atoms with Gasteiger partial charge in [-0.3, -0.25) is 4.79 Å². The van der Waals surface area contributed by atoms with Crippen molar-refractivity contribution in [3.8, 4) is 0 Å². The zero-order valence-electron chi connectivity index (χ0n) is 10.7. The van der Waals surface area contributed by atoms with Gasteiger partial charge >= 0.3 is 0 Å². The van der Waals surface area contributed by atoms with E-state index >= 15 is 0 Å². The van der Waals surface area contributed by atoms with Crippen LogP contribution in [0.2, 0.25) is 0 Å². The molecule has 0 atom stereocenters. The molecule has 5 heteroatoms. The van der Waals surface area contributed by atoms with Crippen LogP contribution in [-0.2, 0) is 0 Å². The molecule has 0 unspecified atom stereocenters. The number of carbonyl (C=O) groups is 1. The second-order valence-electron chi connectivity index (χ2n) is 4.37. The topological polar surface area (TPSA) is 68.0 Å². The van der Waals surface area contributed by atoms with Gasteiger partial charge < -0.3 is 11.1 Å². The first kappa shape index (κ1) is 13.0. The Labute approximate surface area is 110 Å². The van der Waals surface area contributed by atoms with Crippen molar-refractivity contribution in [2.24, 2.45) is 0 Å². The van der Waals surface area contributed by atoms with Gasteiger partial charge in [0.25, 0.3) is 5.91 Å². The lowest BCUT2D eigenvalue weighted by Crippen LogP contribution is -2.15. The summed E-state index contributed by atoms with van der Waals surface area (Å²) in [5.74, 6) is -0.755. The molecule has 2 rings (SSSR count). The van der Waals surface area contributed by atoms with Gasteiger partial charge in [0.05, 0.1) is 5.56 Å². The van der Waals surface area contributed by atoms with Crippen molar-refractivity contribution in [3.63, 3.8) is 0 Å². The lowest BCUT2D eigenvalue weighted by molar-refractivity contribution is 0.102. The third-order valence-electron chi connectivity index (χ3n) is 2.68. The molecule has 1 aromatic heterocycles. The number of nitrogens with zero attached hydrogens (tertiary/aromatic N) is 1. The minimum atomic E-state index is -0.570. The van der Waals surface area contributed by atoms with Crippen molar-refractivity contribution in [1.29, 1.82) is 0 Å². The van der Waals surface area contributed by atoms with E-state index in [0.717, 1.165) is 5.56 Å². The van der Waals surface area contributed by atoms with E-state index in [9.17, 15) is 9.18 Å². The number of pyridine rings is 1. The molecule has 1 amide bonds. The molecule has 0 aliphatic carbocycles. The Kier molecular flexibility index (Phi) is 3.46. The van der Waals surface area contributed by atoms with Crippen molar-refractivity contribution in [3.05, 3.63) is 53.0 Å². The van der Waals surface area contributed by atoms with Crippen molar-refractivity contribution in [2.45, 2.75) is 13.8 Å². The Morgan fingerprint density at radius 1 is 1.32 bits per heavy atom. The lowest BCUT2D eigenvalue weighted by atomic mass is 10.1. The average Bonchev–Trinajstić information content (AvgIpc) is 2.33. The van der Waals surface area contributed by atoms with Crippen LogP contribution >= 0.6 is 0 Å². The van der Waals surface area contributed by atoms with Crippen molar-refractivity contribution in [2.75, 3.05) is 11.1 Å².